The standard InChI is InChI=1S/C7H17N3/c1-6-2-4-7(5-3-6)9-10-8/h6-7,9-10H,2-5,8H2,1H3. The van der Waals surface area contributed by atoms with Crippen molar-refractivity contribution in [2.45, 2.75) is 38.6 Å². The Bertz CT molecular complexity index is 86.9. The Balaban J connectivity index is 2.13. The molecule has 1 fully saturated rings. The molecule has 1 aliphatic carbocycles. The molecule has 0 atom stereocenters. The zero-order chi connectivity index (χ0) is 7.40. The number of nitrogens with two attached hydrogens (primary N) is 1. The van der Waals surface area contributed by atoms with E-state index in [0.717, 1.165) is 5.92 Å². The third-order valence-electron chi connectivity index (χ3n) is 2.30. The van der Waals surface area contributed by atoms with Gasteiger partial charge >= 0.3 is 0 Å². The van der Waals surface area contributed by atoms with Gasteiger partial charge in [-0.1, -0.05) is 6.92 Å². The highest BCUT2D eigenvalue weighted by Crippen LogP contribution is 2.22. The van der Waals surface area contributed by atoms with E-state index in [-0.39, 0.29) is 0 Å². The first-order valence-electron chi connectivity index (χ1n) is 4.04. The molecular formula is C7H17N3. The van der Waals surface area contributed by atoms with Crippen molar-refractivity contribution in [1.29, 1.82) is 0 Å². The highest BCUT2D eigenvalue weighted by molar-refractivity contribution is 4.72. The average molecular weight is 143 g/mol. The van der Waals surface area contributed by atoms with Crippen LogP contribution in [-0.4, -0.2) is 6.04 Å². The van der Waals surface area contributed by atoms with E-state index in [0.29, 0.717) is 6.04 Å². The fourth-order valence-corrected chi connectivity index (χ4v) is 1.52. The topological polar surface area (TPSA) is 50.1 Å². The van der Waals surface area contributed by atoms with Crippen LogP contribution < -0.4 is 16.8 Å². The predicted molar refractivity (Wildman–Crippen MR) is 41.9 cm³/mol. The van der Waals surface area contributed by atoms with Crippen molar-refractivity contribution in [1.82, 2.24) is 11.0 Å². The van der Waals surface area contributed by atoms with Gasteiger partial charge in [0.25, 0.3) is 0 Å². The summed E-state index contributed by atoms with van der Waals surface area (Å²) in [5, 5.41) is 0. The second-order valence-corrected chi connectivity index (χ2v) is 3.25. The van der Waals surface area contributed by atoms with Gasteiger partial charge in [0.05, 0.1) is 0 Å². The number of hydrazine groups is 2. The molecule has 0 aromatic carbocycles. The third-order valence-corrected chi connectivity index (χ3v) is 2.30. The van der Waals surface area contributed by atoms with Gasteiger partial charge in [-0.25, -0.2) is 5.43 Å². The smallest absolute Gasteiger partial charge is 0.0226 e. The van der Waals surface area contributed by atoms with Gasteiger partial charge in [-0.2, -0.15) is 5.53 Å². The highest BCUT2D eigenvalue weighted by atomic mass is 15.5. The monoisotopic (exact) mass is 143 g/mol. The normalized spacial score (nSPS) is 34.2. The first-order chi connectivity index (χ1) is 4.83. The number of hydrogen-bond donors (Lipinski definition) is 3. The quantitative estimate of drug-likeness (QED) is 0.390. The minimum absolute atomic E-state index is 0.598. The van der Waals surface area contributed by atoms with E-state index in [9.17, 15) is 0 Å². The molecule has 1 saturated carbocycles. The Morgan fingerprint density at radius 2 is 1.80 bits per heavy atom. The zero-order valence-corrected chi connectivity index (χ0v) is 6.56. The SMILES string of the molecule is CC1CCC(NNN)CC1. The molecule has 3 nitrogen and oxygen atoms in total. The van der Waals surface area contributed by atoms with Gasteiger partial charge in [-0.15, -0.1) is 0 Å². The van der Waals surface area contributed by atoms with Gasteiger partial charge < -0.3 is 0 Å². The Labute approximate surface area is 62.3 Å². The molecule has 0 aliphatic heterocycles. The minimum Gasteiger partial charge on any atom is -0.258 e. The van der Waals surface area contributed by atoms with Crippen LogP contribution in [0.1, 0.15) is 32.6 Å². The first-order valence-corrected chi connectivity index (χ1v) is 4.04. The van der Waals surface area contributed by atoms with Gasteiger partial charge in [0.15, 0.2) is 0 Å². The molecule has 0 bridgehead atoms. The first kappa shape index (κ1) is 7.98. The molecule has 3 heteroatoms. The molecule has 4 N–H and O–H groups in total. The van der Waals surface area contributed by atoms with Crippen LogP contribution in [0.3, 0.4) is 0 Å². The molecule has 0 amide bonds. The van der Waals surface area contributed by atoms with Crippen molar-refractivity contribution in [2.24, 2.45) is 11.8 Å². The molecule has 0 saturated heterocycles. The Hall–Kier alpha value is -0.120. The van der Waals surface area contributed by atoms with Crippen molar-refractivity contribution in [3.63, 3.8) is 0 Å². The van der Waals surface area contributed by atoms with Crippen molar-refractivity contribution in [3.05, 3.63) is 0 Å². The van der Waals surface area contributed by atoms with Crippen LogP contribution in [0, 0.1) is 5.92 Å². The number of nitrogens with one attached hydrogen (secondary N) is 2. The maximum absolute atomic E-state index is 5.13. The minimum atomic E-state index is 0.598. The van der Waals surface area contributed by atoms with Gasteiger partial charge in [0, 0.05) is 6.04 Å². The summed E-state index contributed by atoms with van der Waals surface area (Å²) < 4.78 is 0. The van der Waals surface area contributed by atoms with Crippen molar-refractivity contribution < 1.29 is 0 Å². The molecule has 0 heterocycles. The van der Waals surface area contributed by atoms with E-state index < -0.39 is 0 Å². The Morgan fingerprint density at radius 1 is 1.20 bits per heavy atom. The van der Waals surface area contributed by atoms with Gasteiger partial charge in [0.2, 0.25) is 0 Å². The van der Waals surface area contributed by atoms with Crippen LogP contribution in [0.4, 0.5) is 0 Å². The molecule has 10 heavy (non-hydrogen) atoms. The molecule has 0 aromatic rings. The second kappa shape index (κ2) is 3.91. The summed E-state index contributed by atoms with van der Waals surface area (Å²) >= 11 is 0. The fourth-order valence-electron chi connectivity index (χ4n) is 1.52. The van der Waals surface area contributed by atoms with Crippen LogP contribution in [0.25, 0.3) is 0 Å². The highest BCUT2D eigenvalue weighted by Gasteiger charge is 2.16. The second-order valence-electron chi connectivity index (χ2n) is 3.25. The predicted octanol–water partition coefficient (Wildman–Crippen LogP) is 0.533. The number of rotatable bonds is 2. The van der Waals surface area contributed by atoms with Gasteiger partial charge in [0.1, 0.15) is 0 Å². The molecule has 0 radical (unpaired) electrons. The van der Waals surface area contributed by atoms with Crippen LogP contribution >= 0.6 is 0 Å². The summed E-state index contributed by atoms with van der Waals surface area (Å²) in [5.41, 5.74) is 5.54. The van der Waals surface area contributed by atoms with E-state index in [1.807, 2.05) is 0 Å². The third kappa shape index (κ3) is 2.25. The average Bonchev–Trinajstić information content (AvgIpc) is 1.95. The summed E-state index contributed by atoms with van der Waals surface area (Å²) in [6.45, 7) is 2.31. The van der Waals surface area contributed by atoms with Crippen molar-refractivity contribution >= 4 is 0 Å². The molecule has 0 unspecified atom stereocenters. The molecule has 1 rings (SSSR count). The van der Waals surface area contributed by atoms with Gasteiger partial charge in [-0.3, -0.25) is 5.84 Å². The summed E-state index contributed by atoms with van der Waals surface area (Å²) in [4.78, 5) is 0. The summed E-state index contributed by atoms with van der Waals surface area (Å²) in [7, 11) is 0. The van der Waals surface area contributed by atoms with Gasteiger partial charge in [-0.05, 0) is 31.6 Å². The molecular weight excluding hydrogens is 126 g/mol. The van der Waals surface area contributed by atoms with Crippen LogP contribution in [0.5, 0.6) is 0 Å². The lowest BCUT2D eigenvalue weighted by atomic mass is 9.88. The van der Waals surface area contributed by atoms with E-state index in [2.05, 4.69) is 17.9 Å². The molecule has 0 spiro atoms. The van der Waals surface area contributed by atoms with Crippen LogP contribution in [0.15, 0.2) is 0 Å². The maximum atomic E-state index is 5.13. The summed E-state index contributed by atoms with van der Waals surface area (Å²) in [6, 6.07) is 0.598. The fraction of sp³-hybridized carbons (Fsp3) is 1.00. The van der Waals surface area contributed by atoms with E-state index >= 15 is 0 Å². The van der Waals surface area contributed by atoms with E-state index in [1.165, 1.54) is 25.7 Å². The number of hydrogen-bond acceptors (Lipinski definition) is 3. The Morgan fingerprint density at radius 3 is 2.30 bits per heavy atom. The largest absolute Gasteiger partial charge is 0.258 e. The lowest BCUT2D eigenvalue weighted by molar-refractivity contribution is 0.285. The van der Waals surface area contributed by atoms with E-state index in [1.54, 1.807) is 0 Å². The lowest BCUT2D eigenvalue weighted by Gasteiger charge is -2.26. The van der Waals surface area contributed by atoms with E-state index in [4.69, 9.17) is 5.84 Å². The molecule has 0 aromatic heterocycles. The maximum Gasteiger partial charge on any atom is 0.0226 e. The molecule has 1 aliphatic rings. The van der Waals surface area contributed by atoms with Crippen LogP contribution in [-0.2, 0) is 0 Å². The molecule has 60 valence electrons. The van der Waals surface area contributed by atoms with Crippen LogP contribution in [0.2, 0.25) is 0 Å². The zero-order valence-electron chi connectivity index (χ0n) is 6.56. The van der Waals surface area contributed by atoms with Crippen molar-refractivity contribution in [3.8, 4) is 0 Å². The van der Waals surface area contributed by atoms with Crippen molar-refractivity contribution in [2.75, 3.05) is 0 Å². The lowest BCUT2D eigenvalue weighted by Crippen LogP contribution is -2.46. The summed E-state index contributed by atoms with van der Waals surface area (Å²) in [5.74, 6) is 6.05. The Kier molecular flexibility index (Phi) is 3.12. The summed E-state index contributed by atoms with van der Waals surface area (Å²) in [6.07, 6.45) is 5.18.